The van der Waals surface area contributed by atoms with Gasteiger partial charge in [0.2, 0.25) is 0 Å². The summed E-state index contributed by atoms with van der Waals surface area (Å²) in [4.78, 5) is 10.3. The molecular formula is C10H12NNaO2Se. The summed E-state index contributed by atoms with van der Waals surface area (Å²) in [5.74, 6) is -1.15. The van der Waals surface area contributed by atoms with Gasteiger partial charge >= 0.3 is 119 Å². The number of carbonyl (C=O) groups is 1. The second-order valence-corrected chi connectivity index (χ2v) is 5.09. The minimum atomic E-state index is -1.15. The molecule has 15 heavy (non-hydrogen) atoms. The van der Waals surface area contributed by atoms with E-state index in [4.69, 9.17) is 5.73 Å². The molecule has 0 radical (unpaired) electrons. The Bertz CT molecular complexity index is 295. The van der Waals surface area contributed by atoms with E-state index in [-0.39, 0.29) is 44.5 Å². The van der Waals surface area contributed by atoms with Gasteiger partial charge in [0.25, 0.3) is 0 Å². The fourth-order valence-corrected chi connectivity index (χ4v) is 2.91. The molecule has 5 heteroatoms. The van der Waals surface area contributed by atoms with Gasteiger partial charge in [-0.2, -0.15) is 0 Å². The summed E-state index contributed by atoms with van der Waals surface area (Å²) in [5, 5.41) is 11.8. The van der Waals surface area contributed by atoms with Crippen LogP contribution in [-0.2, 0) is 10.1 Å². The van der Waals surface area contributed by atoms with Crippen LogP contribution in [0.2, 0.25) is 5.32 Å². The van der Waals surface area contributed by atoms with Crippen LogP contribution in [-0.4, -0.2) is 27.0 Å². The van der Waals surface area contributed by atoms with E-state index in [2.05, 4.69) is 0 Å². The Morgan fingerprint density at radius 3 is 2.53 bits per heavy atom. The zero-order valence-corrected chi connectivity index (χ0v) is 12.4. The van der Waals surface area contributed by atoms with E-state index in [1.54, 1.807) is 0 Å². The summed E-state index contributed by atoms with van der Waals surface area (Å²) in [6, 6.07) is 9.18. The van der Waals surface area contributed by atoms with Crippen molar-refractivity contribution in [3.63, 3.8) is 0 Å². The third-order valence-electron chi connectivity index (χ3n) is 1.71. The molecule has 0 spiro atoms. The van der Waals surface area contributed by atoms with Crippen molar-refractivity contribution >= 4 is 20.9 Å². The molecule has 2 N–H and O–H groups in total. The van der Waals surface area contributed by atoms with Crippen LogP contribution in [0, 0.1) is 0 Å². The molecule has 0 saturated heterocycles. The molecular weight excluding hydrogens is 268 g/mol. The first-order valence-corrected chi connectivity index (χ1v) is 6.70. The summed E-state index contributed by atoms with van der Waals surface area (Å²) in [6.07, 6.45) is 0. The Morgan fingerprint density at radius 2 is 2.00 bits per heavy atom. The van der Waals surface area contributed by atoms with Gasteiger partial charge in [-0.15, -0.1) is 0 Å². The van der Waals surface area contributed by atoms with Crippen molar-refractivity contribution in [2.75, 3.05) is 0 Å². The Hall–Kier alpha value is 0.169. The molecule has 0 aliphatic carbocycles. The van der Waals surface area contributed by atoms with E-state index in [0.717, 1.165) is 5.32 Å². The van der Waals surface area contributed by atoms with Crippen LogP contribution >= 0.6 is 0 Å². The van der Waals surface area contributed by atoms with Crippen LogP contribution in [0.1, 0.15) is 5.56 Å². The van der Waals surface area contributed by atoms with Crippen LogP contribution < -0.4 is 40.4 Å². The first-order valence-electron chi connectivity index (χ1n) is 4.28. The minimum absolute atomic E-state index is 0. The van der Waals surface area contributed by atoms with Crippen molar-refractivity contribution in [1.29, 1.82) is 0 Å². The van der Waals surface area contributed by atoms with Gasteiger partial charge in [-0.25, -0.2) is 0 Å². The van der Waals surface area contributed by atoms with Crippen molar-refractivity contribution in [1.82, 2.24) is 0 Å². The summed E-state index contributed by atoms with van der Waals surface area (Å²) < 4.78 is 0. The fourth-order valence-electron chi connectivity index (χ4n) is 0.946. The fraction of sp³-hybridized carbons (Fsp3) is 0.300. The number of nitrogens with two attached hydrogens (primary N) is 1. The molecule has 0 aliphatic rings. The number of carbonyl (C=O) groups excluding carboxylic acids is 1. The number of hydrogen-bond donors (Lipinski definition) is 1. The van der Waals surface area contributed by atoms with Crippen LogP contribution in [0.15, 0.2) is 30.3 Å². The van der Waals surface area contributed by atoms with Gasteiger partial charge in [0.15, 0.2) is 0 Å². The average molecular weight is 280 g/mol. The topological polar surface area (TPSA) is 66.2 Å². The third kappa shape index (κ3) is 6.36. The molecule has 1 atom stereocenters. The van der Waals surface area contributed by atoms with E-state index in [0.29, 0.717) is 5.32 Å². The van der Waals surface area contributed by atoms with E-state index < -0.39 is 12.0 Å². The van der Waals surface area contributed by atoms with Crippen LogP contribution in [0.3, 0.4) is 0 Å². The number of hydrogen-bond acceptors (Lipinski definition) is 3. The number of carboxylic acid groups (broad SMARTS) is 1. The van der Waals surface area contributed by atoms with E-state index in [1.165, 1.54) is 5.56 Å². The molecule has 0 bridgehead atoms. The van der Waals surface area contributed by atoms with Gasteiger partial charge in [-0.05, 0) is 0 Å². The maximum atomic E-state index is 10.3. The van der Waals surface area contributed by atoms with Crippen molar-refractivity contribution in [3.05, 3.63) is 35.9 Å². The van der Waals surface area contributed by atoms with Crippen molar-refractivity contribution < 1.29 is 39.5 Å². The predicted octanol–water partition coefficient (Wildman–Crippen LogP) is -3.61. The molecule has 3 nitrogen and oxygen atoms in total. The van der Waals surface area contributed by atoms with Gasteiger partial charge in [-0.3, -0.25) is 0 Å². The smallest absolute Gasteiger partial charge is 1.00 e. The average Bonchev–Trinajstić information content (AvgIpc) is 2.19. The largest absolute Gasteiger partial charge is 1.00 e. The zero-order valence-electron chi connectivity index (χ0n) is 8.68. The molecule has 0 unspecified atom stereocenters. The van der Waals surface area contributed by atoms with E-state index in [9.17, 15) is 9.90 Å². The maximum absolute atomic E-state index is 10.3. The summed E-state index contributed by atoms with van der Waals surface area (Å²) in [7, 11) is 0. The van der Waals surface area contributed by atoms with Gasteiger partial charge < -0.3 is 0 Å². The van der Waals surface area contributed by atoms with Crippen molar-refractivity contribution in [2.24, 2.45) is 5.73 Å². The summed E-state index contributed by atoms with van der Waals surface area (Å²) in [6.45, 7) is 0. The first-order chi connectivity index (χ1) is 6.70. The predicted molar refractivity (Wildman–Crippen MR) is 53.7 cm³/mol. The summed E-state index contributed by atoms with van der Waals surface area (Å²) in [5.41, 5.74) is 6.57. The van der Waals surface area contributed by atoms with Crippen LogP contribution in [0.5, 0.6) is 0 Å². The SMILES string of the molecule is N[C@@H](C[Se]Cc1ccccc1)C(=O)[O-].[Na+]. The Balaban J connectivity index is 0.00000196. The Kier molecular flexibility index (Phi) is 8.43. The van der Waals surface area contributed by atoms with Crippen molar-refractivity contribution in [3.8, 4) is 0 Å². The maximum Gasteiger partial charge on any atom is 1.00 e. The molecule has 0 aliphatic heterocycles. The van der Waals surface area contributed by atoms with E-state index in [1.807, 2.05) is 30.3 Å². The second-order valence-electron chi connectivity index (χ2n) is 2.93. The van der Waals surface area contributed by atoms with Crippen molar-refractivity contribution in [2.45, 2.75) is 16.7 Å². The van der Waals surface area contributed by atoms with Gasteiger partial charge in [0, 0.05) is 0 Å². The number of benzene rings is 1. The number of rotatable bonds is 5. The number of carboxylic acids is 1. The monoisotopic (exact) mass is 281 g/mol. The van der Waals surface area contributed by atoms with E-state index >= 15 is 0 Å². The molecule has 76 valence electrons. The number of aliphatic carboxylic acids is 1. The molecule has 1 aromatic carbocycles. The normalized spacial score (nSPS) is 11.5. The van der Waals surface area contributed by atoms with Crippen LogP contribution in [0.25, 0.3) is 0 Å². The molecule has 0 aromatic heterocycles. The molecule has 0 heterocycles. The Morgan fingerprint density at radius 1 is 1.40 bits per heavy atom. The van der Waals surface area contributed by atoms with Gasteiger partial charge in [-0.1, -0.05) is 0 Å². The van der Waals surface area contributed by atoms with Gasteiger partial charge in [0.05, 0.1) is 0 Å². The first kappa shape index (κ1) is 15.2. The molecule has 0 amide bonds. The molecule has 1 rings (SSSR count). The second kappa shape index (κ2) is 8.34. The standard InChI is InChI=1S/C10H13NO2Se.Na/c11-9(10(12)13)7-14-6-8-4-2-1-3-5-8;/h1-5,9H,6-7,11H2,(H,12,13);/q;+1/p-1/t9-;/m0./s1. The summed E-state index contributed by atoms with van der Waals surface area (Å²) >= 11 is 0.237. The minimum Gasteiger partial charge on any atom is 1.00 e. The van der Waals surface area contributed by atoms with Crippen LogP contribution in [0.4, 0.5) is 0 Å². The van der Waals surface area contributed by atoms with Gasteiger partial charge in [0.1, 0.15) is 0 Å². The quantitative estimate of drug-likeness (QED) is 0.567. The zero-order chi connectivity index (χ0) is 10.4. The third-order valence-corrected chi connectivity index (χ3v) is 4.09. The molecule has 0 fully saturated rings. The Labute approximate surface area is 118 Å². The molecule has 0 saturated carbocycles. The molecule has 1 aromatic rings.